The average Bonchev–Trinajstić information content (AvgIpc) is 3.10. The van der Waals surface area contributed by atoms with Gasteiger partial charge >= 0.3 is 0 Å². The molecule has 0 spiro atoms. The zero-order chi connectivity index (χ0) is 33.6. The van der Waals surface area contributed by atoms with Crippen molar-refractivity contribution in [2.45, 2.75) is 4.90 Å². The molecule has 0 fully saturated rings. The van der Waals surface area contributed by atoms with Gasteiger partial charge < -0.3 is 16.0 Å². The van der Waals surface area contributed by atoms with Crippen LogP contribution in [0.5, 0.6) is 0 Å². The van der Waals surface area contributed by atoms with Gasteiger partial charge in [-0.3, -0.25) is 24.0 Å². The highest BCUT2D eigenvalue weighted by Gasteiger charge is 2.31. The van der Waals surface area contributed by atoms with Crippen molar-refractivity contribution < 1.29 is 24.0 Å². The standard InChI is InChI=1S/C38H26ClN3O5S/c39-25-12-6-9-23(19-25)20-32(42-37(46)24-10-2-1-3-11-24)38(47)40-26-13-7-14-27(21-26)48-22-33(43)41-31-18-8-17-30-34(31)36(45)29-16-5-4-15-28(29)35(30)44/h1-21H,22H2,(H,40,47)(H,41,43)(H,42,46)/b32-20+. The number of hydrogen-bond acceptors (Lipinski definition) is 6. The lowest BCUT2D eigenvalue weighted by molar-refractivity contribution is -0.114. The van der Waals surface area contributed by atoms with Crippen LogP contribution in [0.15, 0.2) is 132 Å². The molecule has 1 aliphatic rings. The molecule has 0 aliphatic heterocycles. The van der Waals surface area contributed by atoms with E-state index in [2.05, 4.69) is 16.0 Å². The second-order valence-electron chi connectivity index (χ2n) is 10.7. The topological polar surface area (TPSA) is 121 Å². The molecule has 236 valence electrons. The van der Waals surface area contributed by atoms with Gasteiger partial charge in [0.25, 0.3) is 11.8 Å². The minimum atomic E-state index is -0.561. The Kier molecular flexibility index (Phi) is 9.61. The number of nitrogens with one attached hydrogen (secondary N) is 3. The van der Waals surface area contributed by atoms with Crippen molar-refractivity contribution in [3.63, 3.8) is 0 Å². The van der Waals surface area contributed by atoms with E-state index in [9.17, 15) is 24.0 Å². The predicted molar refractivity (Wildman–Crippen MR) is 188 cm³/mol. The van der Waals surface area contributed by atoms with Gasteiger partial charge in [0.2, 0.25) is 5.91 Å². The summed E-state index contributed by atoms with van der Waals surface area (Å²) in [6, 6.07) is 33.8. The molecular formula is C38H26ClN3O5S. The Bertz CT molecular complexity index is 2130. The fourth-order valence-electron chi connectivity index (χ4n) is 5.15. The number of thioether (sulfide) groups is 1. The summed E-state index contributed by atoms with van der Waals surface area (Å²) < 4.78 is 0. The average molecular weight is 672 g/mol. The van der Waals surface area contributed by atoms with Crippen LogP contribution in [0.3, 0.4) is 0 Å². The van der Waals surface area contributed by atoms with Crippen LogP contribution < -0.4 is 16.0 Å². The molecule has 3 amide bonds. The maximum Gasteiger partial charge on any atom is 0.272 e. The van der Waals surface area contributed by atoms with Gasteiger partial charge in [-0.2, -0.15) is 0 Å². The van der Waals surface area contributed by atoms with Crippen LogP contribution in [0, 0.1) is 0 Å². The molecule has 6 rings (SSSR count). The number of fused-ring (bicyclic) bond motifs is 2. The van der Waals surface area contributed by atoms with E-state index in [0.717, 1.165) is 0 Å². The highest BCUT2D eigenvalue weighted by molar-refractivity contribution is 8.00. The van der Waals surface area contributed by atoms with Crippen LogP contribution in [-0.4, -0.2) is 35.0 Å². The Hall–Kier alpha value is -5.77. The second-order valence-corrected chi connectivity index (χ2v) is 12.2. The molecule has 0 aromatic heterocycles. The van der Waals surface area contributed by atoms with Crippen LogP contribution in [0.4, 0.5) is 11.4 Å². The third-order valence-corrected chi connectivity index (χ3v) is 8.61. The molecule has 3 N–H and O–H groups in total. The summed E-state index contributed by atoms with van der Waals surface area (Å²) >= 11 is 7.36. The number of rotatable bonds is 9. The smallest absolute Gasteiger partial charge is 0.272 e. The predicted octanol–water partition coefficient (Wildman–Crippen LogP) is 7.26. The third kappa shape index (κ3) is 7.28. The first-order valence-electron chi connectivity index (χ1n) is 14.8. The monoisotopic (exact) mass is 671 g/mol. The summed E-state index contributed by atoms with van der Waals surface area (Å²) in [7, 11) is 0. The number of carbonyl (C=O) groups is 5. The van der Waals surface area contributed by atoms with Crippen molar-refractivity contribution in [1.82, 2.24) is 5.32 Å². The molecule has 0 radical (unpaired) electrons. The summed E-state index contributed by atoms with van der Waals surface area (Å²) in [5.74, 6) is -1.99. The van der Waals surface area contributed by atoms with Crippen molar-refractivity contribution in [2.24, 2.45) is 0 Å². The van der Waals surface area contributed by atoms with Gasteiger partial charge in [0.1, 0.15) is 5.70 Å². The van der Waals surface area contributed by atoms with E-state index in [1.807, 2.05) is 0 Å². The number of hydrogen-bond donors (Lipinski definition) is 3. The molecule has 0 saturated carbocycles. The van der Waals surface area contributed by atoms with Gasteiger partial charge in [-0.1, -0.05) is 84.4 Å². The van der Waals surface area contributed by atoms with Gasteiger partial charge in [-0.25, -0.2) is 0 Å². The summed E-state index contributed by atoms with van der Waals surface area (Å²) in [4.78, 5) is 66.4. The minimum Gasteiger partial charge on any atom is -0.325 e. The number of carbonyl (C=O) groups excluding carboxylic acids is 5. The number of benzene rings is 5. The number of halogens is 1. The molecule has 0 saturated heterocycles. The maximum absolute atomic E-state index is 13.4. The molecule has 10 heteroatoms. The molecule has 0 atom stereocenters. The van der Waals surface area contributed by atoms with Crippen LogP contribution in [0.1, 0.15) is 47.8 Å². The molecule has 5 aromatic rings. The lowest BCUT2D eigenvalue weighted by Gasteiger charge is -2.20. The minimum absolute atomic E-state index is 0.00500. The first kappa shape index (κ1) is 32.2. The van der Waals surface area contributed by atoms with Gasteiger partial charge in [-0.05, 0) is 60.2 Å². The Labute approximate surface area is 285 Å². The van der Waals surface area contributed by atoms with E-state index in [0.29, 0.717) is 37.9 Å². The maximum atomic E-state index is 13.4. The molecule has 0 bridgehead atoms. The summed E-state index contributed by atoms with van der Waals surface area (Å²) in [6.45, 7) is 0. The van der Waals surface area contributed by atoms with E-state index < -0.39 is 11.8 Å². The fourth-order valence-corrected chi connectivity index (χ4v) is 6.11. The van der Waals surface area contributed by atoms with Crippen molar-refractivity contribution in [1.29, 1.82) is 0 Å². The Morgan fingerprint density at radius 2 is 1.38 bits per heavy atom. The van der Waals surface area contributed by atoms with Crippen LogP contribution in [-0.2, 0) is 9.59 Å². The van der Waals surface area contributed by atoms with Crippen LogP contribution >= 0.6 is 23.4 Å². The molecule has 48 heavy (non-hydrogen) atoms. The van der Waals surface area contributed by atoms with E-state index >= 15 is 0 Å². The lowest BCUT2D eigenvalue weighted by Crippen LogP contribution is -2.30. The zero-order valence-corrected chi connectivity index (χ0v) is 26.7. The fraction of sp³-hybridized carbons (Fsp3) is 0.0263. The van der Waals surface area contributed by atoms with E-state index in [4.69, 9.17) is 11.6 Å². The van der Waals surface area contributed by atoms with Crippen molar-refractivity contribution in [2.75, 3.05) is 16.4 Å². The molecule has 5 aromatic carbocycles. The Morgan fingerprint density at radius 3 is 2.15 bits per heavy atom. The van der Waals surface area contributed by atoms with Crippen molar-refractivity contribution in [3.8, 4) is 0 Å². The van der Waals surface area contributed by atoms with Crippen molar-refractivity contribution >= 4 is 70.1 Å². The molecule has 0 heterocycles. The largest absolute Gasteiger partial charge is 0.325 e. The van der Waals surface area contributed by atoms with Gasteiger partial charge in [0.15, 0.2) is 11.6 Å². The Balaban J connectivity index is 1.14. The quantitative estimate of drug-likeness (QED) is 0.110. The molecule has 0 unspecified atom stereocenters. The van der Waals surface area contributed by atoms with E-state index in [-0.39, 0.29) is 45.7 Å². The van der Waals surface area contributed by atoms with E-state index in [1.54, 1.807) is 121 Å². The van der Waals surface area contributed by atoms with Crippen LogP contribution in [0.2, 0.25) is 5.02 Å². The van der Waals surface area contributed by atoms with Gasteiger partial charge in [-0.15, -0.1) is 11.8 Å². The van der Waals surface area contributed by atoms with Gasteiger partial charge in [0, 0.05) is 37.9 Å². The SMILES string of the molecule is O=C(CSc1cccc(NC(=O)/C(=C\c2cccc(Cl)c2)NC(=O)c2ccccc2)c1)Nc1cccc2c1C(=O)c1ccccc1C2=O. The molecule has 8 nitrogen and oxygen atoms in total. The second kappa shape index (κ2) is 14.3. The first-order valence-corrected chi connectivity index (χ1v) is 16.1. The van der Waals surface area contributed by atoms with E-state index in [1.165, 1.54) is 17.8 Å². The third-order valence-electron chi connectivity index (χ3n) is 7.38. The summed E-state index contributed by atoms with van der Waals surface area (Å²) in [5, 5.41) is 8.77. The highest BCUT2D eigenvalue weighted by Crippen LogP contribution is 2.32. The number of ketones is 2. The normalized spacial score (nSPS) is 12.1. The van der Waals surface area contributed by atoms with Gasteiger partial charge in [0.05, 0.1) is 17.0 Å². The van der Waals surface area contributed by atoms with Crippen LogP contribution in [0.25, 0.3) is 6.08 Å². The molecule has 1 aliphatic carbocycles. The number of anilines is 2. The zero-order valence-electron chi connectivity index (χ0n) is 25.2. The summed E-state index contributed by atoms with van der Waals surface area (Å²) in [5.41, 5.74) is 2.77. The molecular weight excluding hydrogens is 646 g/mol. The number of amides is 3. The highest BCUT2D eigenvalue weighted by atomic mass is 35.5. The Morgan fingerprint density at radius 1 is 0.688 bits per heavy atom. The lowest BCUT2D eigenvalue weighted by atomic mass is 9.83. The first-order chi connectivity index (χ1) is 23.3. The van der Waals surface area contributed by atoms with Crippen molar-refractivity contribution in [3.05, 3.63) is 165 Å². The summed E-state index contributed by atoms with van der Waals surface area (Å²) in [6.07, 6.45) is 1.53.